The van der Waals surface area contributed by atoms with Crippen LogP contribution >= 0.6 is 34.8 Å². The fraction of sp³-hybridized carbons (Fsp3) is 0.333. The van der Waals surface area contributed by atoms with E-state index in [0.29, 0.717) is 34.0 Å². The molecule has 0 amide bonds. The molecule has 92 valence electrons. The van der Waals surface area contributed by atoms with Gasteiger partial charge in [0.05, 0.1) is 16.7 Å². The van der Waals surface area contributed by atoms with Gasteiger partial charge in [-0.15, -0.1) is 6.58 Å². The number of hydrogen-bond donors (Lipinski definition) is 0. The first-order valence-electron chi connectivity index (χ1n) is 5.09. The lowest BCUT2D eigenvalue weighted by Crippen LogP contribution is -2.21. The van der Waals surface area contributed by atoms with Crippen molar-refractivity contribution in [2.45, 2.75) is 12.0 Å². The highest BCUT2D eigenvalue weighted by Crippen LogP contribution is 2.40. The van der Waals surface area contributed by atoms with Crippen LogP contribution in [-0.4, -0.2) is 18.8 Å². The summed E-state index contributed by atoms with van der Waals surface area (Å²) in [6, 6.07) is 3.28. The summed E-state index contributed by atoms with van der Waals surface area (Å²) in [5.74, 6) is 0.403. The first-order valence-corrected chi connectivity index (χ1v) is 6.22. The predicted molar refractivity (Wildman–Crippen MR) is 70.5 cm³/mol. The van der Waals surface area contributed by atoms with E-state index in [9.17, 15) is 0 Å². The minimum atomic E-state index is -0.267. The molecule has 0 N–H and O–H groups in total. The van der Waals surface area contributed by atoms with Crippen LogP contribution in [0.1, 0.15) is 6.42 Å². The fourth-order valence-corrected chi connectivity index (χ4v) is 2.10. The van der Waals surface area contributed by atoms with Crippen molar-refractivity contribution >= 4 is 34.8 Å². The number of epoxide rings is 1. The maximum atomic E-state index is 6.02. The van der Waals surface area contributed by atoms with Crippen molar-refractivity contribution in [3.8, 4) is 5.75 Å². The van der Waals surface area contributed by atoms with E-state index < -0.39 is 0 Å². The maximum Gasteiger partial charge on any atom is 0.158 e. The lowest BCUT2D eigenvalue weighted by molar-refractivity contribution is 0.191. The van der Waals surface area contributed by atoms with Crippen LogP contribution in [0.2, 0.25) is 15.1 Å². The number of hydrogen-bond acceptors (Lipinski definition) is 2. The van der Waals surface area contributed by atoms with Crippen LogP contribution in [0.5, 0.6) is 5.75 Å². The molecular weight excluding hydrogens is 282 g/mol. The Hall–Kier alpha value is -0.410. The Bertz CT molecular complexity index is 442. The number of rotatable bonds is 5. The molecule has 1 atom stereocenters. The molecule has 2 rings (SSSR count). The lowest BCUT2D eigenvalue weighted by Gasteiger charge is -2.14. The van der Waals surface area contributed by atoms with Gasteiger partial charge in [-0.1, -0.05) is 40.9 Å². The highest BCUT2D eigenvalue weighted by molar-refractivity contribution is 6.44. The molecule has 2 nitrogen and oxygen atoms in total. The molecule has 17 heavy (non-hydrogen) atoms. The highest BCUT2D eigenvalue weighted by Gasteiger charge is 2.44. The third kappa shape index (κ3) is 2.89. The summed E-state index contributed by atoms with van der Waals surface area (Å²) in [4.78, 5) is 0. The minimum Gasteiger partial charge on any atom is -0.487 e. The summed E-state index contributed by atoms with van der Waals surface area (Å²) >= 11 is 17.9. The van der Waals surface area contributed by atoms with Gasteiger partial charge in [0.25, 0.3) is 0 Å². The van der Waals surface area contributed by atoms with Gasteiger partial charge in [-0.05, 0) is 18.6 Å². The molecular formula is C12H11Cl3O2. The molecule has 0 saturated carbocycles. The molecule has 0 spiro atoms. The van der Waals surface area contributed by atoms with Crippen LogP contribution in [0.25, 0.3) is 0 Å². The molecule has 1 aliphatic heterocycles. The van der Waals surface area contributed by atoms with Crippen molar-refractivity contribution in [2.75, 3.05) is 13.2 Å². The van der Waals surface area contributed by atoms with E-state index in [-0.39, 0.29) is 5.60 Å². The Morgan fingerprint density at radius 2 is 2.00 bits per heavy atom. The van der Waals surface area contributed by atoms with Crippen LogP contribution < -0.4 is 4.74 Å². The molecule has 1 aliphatic rings. The standard InChI is InChI=1S/C12H11Cl3O2/c1-2-5-12(7-17-12)6-16-11-9(14)4-3-8(13)10(11)15/h2-4H,1,5-7H2. The second-order valence-electron chi connectivity index (χ2n) is 3.93. The first-order chi connectivity index (χ1) is 8.08. The van der Waals surface area contributed by atoms with E-state index in [0.717, 1.165) is 6.42 Å². The Morgan fingerprint density at radius 1 is 1.35 bits per heavy atom. The van der Waals surface area contributed by atoms with Gasteiger partial charge < -0.3 is 9.47 Å². The van der Waals surface area contributed by atoms with Crippen LogP contribution in [0.15, 0.2) is 24.8 Å². The molecule has 0 aromatic heterocycles. The van der Waals surface area contributed by atoms with Gasteiger partial charge in [-0.3, -0.25) is 0 Å². The second kappa shape index (κ2) is 5.07. The zero-order chi connectivity index (χ0) is 12.5. The quantitative estimate of drug-likeness (QED) is 0.457. The largest absolute Gasteiger partial charge is 0.487 e. The average molecular weight is 294 g/mol. The summed E-state index contributed by atoms with van der Waals surface area (Å²) in [5, 5.41) is 1.18. The molecule has 5 heteroatoms. The Balaban J connectivity index is 2.09. The molecule has 1 unspecified atom stereocenters. The van der Waals surface area contributed by atoms with Crippen molar-refractivity contribution in [3.05, 3.63) is 39.9 Å². The van der Waals surface area contributed by atoms with Crippen LogP contribution in [0.4, 0.5) is 0 Å². The molecule has 1 heterocycles. The van der Waals surface area contributed by atoms with Crippen LogP contribution in [0.3, 0.4) is 0 Å². The zero-order valence-electron chi connectivity index (χ0n) is 9.01. The summed E-state index contributed by atoms with van der Waals surface area (Å²) in [7, 11) is 0. The van der Waals surface area contributed by atoms with E-state index >= 15 is 0 Å². The van der Waals surface area contributed by atoms with Crippen molar-refractivity contribution in [1.29, 1.82) is 0 Å². The zero-order valence-corrected chi connectivity index (χ0v) is 11.3. The monoisotopic (exact) mass is 292 g/mol. The SMILES string of the molecule is C=CCC1(COc2c(Cl)ccc(Cl)c2Cl)CO1. The summed E-state index contributed by atoms with van der Waals surface area (Å²) in [6.45, 7) is 4.73. The maximum absolute atomic E-state index is 6.02. The summed E-state index contributed by atoms with van der Waals surface area (Å²) in [5.41, 5.74) is -0.267. The predicted octanol–water partition coefficient (Wildman–Crippen LogP) is 4.37. The van der Waals surface area contributed by atoms with Gasteiger partial charge in [0.1, 0.15) is 17.2 Å². The average Bonchev–Trinajstić information content (AvgIpc) is 3.05. The lowest BCUT2D eigenvalue weighted by atomic mass is 10.1. The van der Waals surface area contributed by atoms with Crippen molar-refractivity contribution in [2.24, 2.45) is 0 Å². The third-order valence-corrected chi connectivity index (χ3v) is 3.64. The van der Waals surface area contributed by atoms with E-state index in [4.69, 9.17) is 44.3 Å². The molecule has 1 aromatic rings. The van der Waals surface area contributed by atoms with Gasteiger partial charge in [0.2, 0.25) is 0 Å². The molecule has 1 fully saturated rings. The topological polar surface area (TPSA) is 21.8 Å². The Morgan fingerprint density at radius 3 is 2.59 bits per heavy atom. The summed E-state index contributed by atoms with van der Waals surface area (Å²) < 4.78 is 11.0. The van der Waals surface area contributed by atoms with Gasteiger partial charge in [0.15, 0.2) is 5.75 Å². The Kier molecular flexibility index (Phi) is 3.88. The van der Waals surface area contributed by atoms with Gasteiger partial charge in [0, 0.05) is 0 Å². The van der Waals surface area contributed by atoms with E-state index in [1.54, 1.807) is 18.2 Å². The van der Waals surface area contributed by atoms with Crippen molar-refractivity contribution < 1.29 is 9.47 Å². The molecule has 0 aliphatic carbocycles. The van der Waals surface area contributed by atoms with Gasteiger partial charge >= 0.3 is 0 Å². The van der Waals surface area contributed by atoms with E-state index in [2.05, 4.69) is 6.58 Å². The Labute approximate surface area is 115 Å². The van der Waals surface area contributed by atoms with Gasteiger partial charge in [-0.25, -0.2) is 0 Å². The normalized spacial score (nSPS) is 22.3. The smallest absolute Gasteiger partial charge is 0.158 e. The number of halogens is 3. The fourth-order valence-electron chi connectivity index (χ4n) is 1.47. The second-order valence-corrected chi connectivity index (χ2v) is 5.12. The number of ether oxygens (including phenoxy) is 2. The van der Waals surface area contributed by atoms with Gasteiger partial charge in [-0.2, -0.15) is 0 Å². The number of benzene rings is 1. The van der Waals surface area contributed by atoms with Crippen molar-refractivity contribution in [1.82, 2.24) is 0 Å². The summed E-state index contributed by atoms with van der Waals surface area (Å²) in [6.07, 6.45) is 2.54. The van der Waals surface area contributed by atoms with Crippen LogP contribution in [-0.2, 0) is 4.74 Å². The molecule has 1 aromatic carbocycles. The minimum absolute atomic E-state index is 0.267. The third-order valence-electron chi connectivity index (χ3n) is 2.55. The first kappa shape index (κ1) is 13.0. The van der Waals surface area contributed by atoms with E-state index in [1.807, 2.05) is 0 Å². The van der Waals surface area contributed by atoms with E-state index in [1.165, 1.54) is 0 Å². The molecule has 0 bridgehead atoms. The molecule has 0 radical (unpaired) electrons. The van der Waals surface area contributed by atoms with Crippen LogP contribution in [0, 0.1) is 0 Å². The highest BCUT2D eigenvalue weighted by atomic mass is 35.5. The van der Waals surface area contributed by atoms with Crippen molar-refractivity contribution in [3.63, 3.8) is 0 Å². The molecule has 1 saturated heterocycles.